The number of nitrogens with zero attached hydrogens (tertiary/aromatic N) is 3. The highest BCUT2D eigenvalue weighted by molar-refractivity contribution is 5.97. The normalized spacial score (nSPS) is 18.2. The zero-order valence-corrected chi connectivity index (χ0v) is 11.8. The molecule has 0 aliphatic carbocycles. The number of benzene rings is 1. The molecular formula is C15H18N4O. The number of rotatable bonds is 1. The van der Waals surface area contributed by atoms with Crippen LogP contribution in [0.2, 0.25) is 0 Å². The first kappa shape index (κ1) is 13.0. The molecule has 3 rings (SSSR count). The smallest absolute Gasteiger partial charge is 0.254 e. The molecule has 0 unspecified atom stereocenters. The Morgan fingerprint density at radius 3 is 2.75 bits per heavy atom. The van der Waals surface area contributed by atoms with Crippen LogP contribution >= 0.6 is 0 Å². The van der Waals surface area contributed by atoms with Gasteiger partial charge in [-0.3, -0.25) is 14.8 Å². The molecule has 0 atom stereocenters. The molecule has 1 aromatic heterocycles. The summed E-state index contributed by atoms with van der Waals surface area (Å²) in [5.74, 6) is 0.0622. The molecule has 1 aromatic carbocycles. The van der Waals surface area contributed by atoms with E-state index in [2.05, 4.69) is 29.1 Å². The number of nitrogens with one attached hydrogen (secondary N) is 1. The van der Waals surface area contributed by atoms with E-state index < -0.39 is 0 Å². The van der Waals surface area contributed by atoms with E-state index in [9.17, 15) is 4.79 Å². The van der Waals surface area contributed by atoms with E-state index in [0.717, 1.165) is 24.1 Å². The van der Waals surface area contributed by atoms with E-state index in [0.29, 0.717) is 12.1 Å². The second-order valence-electron chi connectivity index (χ2n) is 5.80. The fourth-order valence-electron chi connectivity index (χ4n) is 2.59. The minimum Gasteiger partial charge on any atom is -0.336 e. The third kappa shape index (κ3) is 2.49. The summed E-state index contributed by atoms with van der Waals surface area (Å²) in [5, 5.41) is 3.41. The topological polar surface area (TPSA) is 58.1 Å². The van der Waals surface area contributed by atoms with E-state index in [1.165, 1.54) is 0 Å². The lowest BCUT2D eigenvalue weighted by molar-refractivity contribution is 0.0652. The Hall–Kier alpha value is -2.01. The lowest BCUT2D eigenvalue weighted by Crippen LogP contribution is -2.58. The molecule has 5 heteroatoms. The Morgan fingerprint density at radius 1 is 1.25 bits per heavy atom. The second kappa shape index (κ2) is 4.83. The Labute approximate surface area is 118 Å². The van der Waals surface area contributed by atoms with Gasteiger partial charge in [0.25, 0.3) is 5.91 Å². The van der Waals surface area contributed by atoms with Crippen LogP contribution < -0.4 is 5.32 Å². The Kier molecular flexibility index (Phi) is 3.14. The summed E-state index contributed by atoms with van der Waals surface area (Å²) in [6.45, 7) is 6.49. The van der Waals surface area contributed by atoms with Gasteiger partial charge in [-0.2, -0.15) is 0 Å². The number of carbonyl (C=O) groups excluding carboxylic acids is 1. The highest BCUT2D eigenvalue weighted by atomic mass is 16.2. The van der Waals surface area contributed by atoms with Crippen molar-refractivity contribution in [3.8, 4) is 0 Å². The van der Waals surface area contributed by atoms with E-state index in [1.54, 1.807) is 12.4 Å². The predicted octanol–water partition coefficient (Wildman–Crippen LogP) is 1.45. The number of hydrogen-bond acceptors (Lipinski definition) is 4. The molecule has 1 N–H and O–H groups in total. The van der Waals surface area contributed by atoms with Gasteiger partial charge in [0, 0.05) is 43.1 Å². The monoisotopic (exact) mass is 270 g/mol. The number of piperazine rings is 1. The van der Waals surface area contributed by atoms with Crippen molar-refractivity contribution in [1.29, 1.82) is 0 Å². The lowest BCUT2D eigenvalue weighted by Gasteiger charge is -2.39. The van der Waals surface area contributed by atoms with Gasteiger partial charge in [0.1, 0.15) is 0 Å². The third-order valence-corrected chi connectivity index (χ3v) is 3.57. The van der Waals surface area contributed by atoms with Crippen molar-refractivity contribution in [1.82, 2.24) is 20.2 Å². The van der Waals surface area contributed by atoms with Crippen LogP contribution in [0.1, 0.15) is 24.2 Å². The van der Waals surface area contributed by atoms with Gasteiger partial charge < -0.3 is 10.2 Å². The average Bonchev–Trinajstić information content (AvgIpc) is 2.45. The average molecular weight is 270 g/mol. The van der Waals surface area contributed by atoms with E-state index in [-0.39, 0.29) is 11.4 Å². The molecule has 1 fully saturated rings. The Bertz CT molecular complexity index is 653. The van der Waals surface area contributed by atoms with Gasteiger partial charge >= 0.3 is 0 Å². The minimum absolute atomic E-state index is 0.0371. The van der Waals surface area contributed by atoms with Gasteiger partial charge in [0.2, 0.25) is 0 Å². The second-order valence-corrected chi connectivity index (χ2v) is 5.80. The number of amides is 1. The van der Waals surface area contributed by atoms with E-state index in [1.807, 2.05) is 23.1 Å². The molecule has 1 aliphatic rings. The summed E-state index contributed by atoms with van der Waals surface area (Å²) >= 11 is 0. The maximum Gasteiger partial charge on any atom is 0.254 e. The number of carbonyl (C=O) groups is 1. The van der Waals surface area contributed by atoms with E-state index in [4.69, 9.17) is 0 Å². The third-order valence-electron chi connectivity index (χ3n) is 3.57. The first-order chi connectivity index (χ1) is 9.55. The number of hydrogen-bond donors (Lipinski definition) is 1. The summed E-state index contributed by atoms with van der Waals surface area (Å²) in [4.78, 5) is 23.0. The molecule has 0 bridgehead atoms. The Morgan fingerprint density at radius 2 is 2.00 bits per heavy atom. The number of fused-ring (bicyclic) bond motifs is 1. The molecule has 1 aliphatic heterocycles. The van der Waals surface area contributed by atoms with Crippen molar-refractivity contribution in [2.45, 2.75) is 19.4 Å². The first-order valence-electron chi connectivity index (χ1n) is 6.80. The van der Waals surface area contributed by atoms with Crippen molar-refractivity contribution in [3.05, 3.63) is 36.2 Å². The van der Waals surface area contributed by atoms with Gasteiger partial charge in [0.05, 0.1) is 11.0 Å². The van der Waals surface area contributed by atoms with Gasteiger partial charge in [-0.15, -0.1) is 0 Å². The summed E-state index contributed by atoms with van der Waals surface area (Å²) in [6, 6.07) is 5.50. The van der Waals surface area contributed by atoms with Gasteiger partial charge in [-0.05, 0) is 32.0 Å². The predicted molar refractivity (Wildman–Crippen MR) is 77.5 cm³/mol. The van der Waals surface area contributed by atoms with Crippen LogP contribution in [-0.4, -0.2) is 45.9 Å². The van der Waals surface area contributed by atoms with Gasteiger partial charge in [0.15, 0.2) is 0 Å². The lowest BCUT2D eigenvalue weighted by atomic mass is 10.0. The molecule has 20 heavy (non-hydrogen) atoms. The Balaban J connectivity index is 1.88. The van der Waals surface area contributed by atoms with Crippen LogP contribution in [0.15, 0.2) is 30.6 Å². The molecule has 0 spiro atoms. The largest absolute Gasteiger partial charge is 0.336 e. The molecular weight excluding hydrogens is 252 g/mol. The molecule has 0 radical (unpaired) electrons. The van der Waals surface area contributed by atoms with Crippen molar-refractivity contribution in [2.24, 2.45) is 0 Å². The van der Waals surface area contributed by atoms with Crippen LogP contribution in [-0.2, 0) is 0 Å². The van der Waals surface area contributed by atoms with Crippen molar-refractivity contribution in [2.75, 3.05) is 19.6 Å². The molecule has 1 saturated heterocycles. The maximum absolute atomic E-state index is 12.6. The van der Waals surface area contributed by atoms with Crippen molar-refractivity contribution < 1.29 is 4.79 Å². The zero-order valence-electron chi connectivity index (χ0n) is 11.8. The quantitative estimate of drug-likeness (QED) is 0.852. The number of aromatic nitrogens is 2. The van der Waals surface area contributed by atoms with Crippen LogP contribution in [0.4, 0.5) is 0 Å². The zero-order chi connectivity index (χ0) is 14.2. The van der Waals surface area contributed by atoms with Gasteiger partial charge in [-0.25, -0.2) is 0 Å². The van der Waals surface area contributed by atoms with Crippen LogP contribution in [0.25, 0.3) is 11.0 Å². The SMILES string of the molecule is CC1(C)CN(C(=O)c2ccc3nccnc3c2)CCN1. The highest BCUT2D eigenvalue weighted by Gasteiger charge is 2.29. The van der Waals surface area contributed by atoms with Crippen molar-refractivity contribution >= 4 is 16.9 Å². The maximum atomic E-state index is 12.6. The van der Waals surface area contributed by atoms with Crippen LogP contribution in [0, 0.1) is 0 Å². The summed E-state index contributed by atoms with van der Waals surface area (Å²) in [5.41, 5.74) is 2.21. The molecule has 0 saturated carbocycles. The van der Waals surface area contributed by atoms with Crippen LogP contribution in [0.5, 0.6) is 0 Å². The fourth-order valence-corrected chi connectivity index (χ4v) is 2.59. The molecule has 1 amide bonds. The fraction of sp³-hybridized carbons (Fsp3) is 0.400. The summed E-state index contributed by atoms with van der Waals surface area (Å²) < 4.78 is 0. The first-order valence-corrected chi connectivity index (χ1v) is 6.80. The molecule has 2 heterocycles. The van der Waals surface area contributed by atoms with Gasteiger partial charge in [-0.1, -0.05) is 0 Å². The minimum atomic E-state index is -0.0371. The summed E-state index contributed by atoms with van der Waals surface area (Å²) in [6.07, 6.45) is 3.30. The summed E-state index contributed by atoms with van der Waals surface area (Å²) in [7, 11) is 0. The van der Waals surface area contributed by atoms with Crippen molar-refractivity contribution in [3.63, 3.8) is 0 Å². The van der Waals surface area contributed by atoms with Crippen LogP contribution in [0.3, 0.4) is 0 Å². The molecule has 104 valence electrons. The highest BCUT2D eigenvalue weighted by Crippen LogP contribution is 2.16. The standard InChI is InChI=1S/C15H18N4O/c1-15(2)10-19(8-7-18-15)14(20)11-3-4-12-13(9-11)17-6-5-16-12/h3-6,9,18H,7-8,10H2,1-2H3. The molecule has 5 nitrogen and oxygen atoms in total. The van der Waals surface area contributed by atoms with E-state index >= 15 is 0 Å². The molecule has 2 aromatic rings.